The van der Waals surface area contributed by atoms with Gasteiger partial charge in [-0.2, -0.15) is 0 Å². The van der Waals surface area contributed by atoms with Crippen LogP contribution >= 0.6 is 0 Å². The molecule has 1 saturated heterocycles. The van der Waals surface area contributed by atoms with E-state index in [1.807, 2.05) is 29.2 Å². The van der Waals surface area contributed by atoms with Gasteiger partial charge in [-0.15, -0.1) is 6.58 Å². The maximum absolute atomic E-state index is 12.2. The van der Waals surface area contributed by atoms with Crippen LogP contribution in [0, 0.1) is 5.92 Å². The maximum Gasteiger partial charge on any atom is 0.260 e. The quantitative estimate of drug-likeness (QED) is 0.777. The first-order chi connectivity index (χ1) is 10.7. The van der Waals surface area contributed by atoms with E-state index in [0.717, 1.165) is 31.5 Å². The third-order valence-corrected chi connectivity index (χ3v) is 3.93. The van der Waals surface area contributed by atoms with E-state index in [-0.39, 0.29) is 12.5 Å². The summed E-state index contributed by atoms with van der Waals surface area (Å²) in [5.74, 6) is 1.62. The zero-order valence-electron chi connectivity index (χ0n) is 13.1. The molecule has 1 unspecified atom stereocenters. The smallest absolute Gasteiger partial charge is 0.260 e. The van der Waals surface area contributed by atoms with Crippen LogP contribution in [0.2, 0.25) is 0 Å². The van der Waals surface area contributed by atoms with Crippen LogP contribution in [0.3, 0.4) is 0 Å². The molecule has 22 heavy (non-hydrogen) atoms. The van der Waals surface area contributed by atoms with Crippen LogP contribution in [0.1, 0.15) is 12.0 Å². The number of ether oxygens (including phenoxy) is 2. The lowest BCUT2D eigenvalue weighted by Crippen LogP contribution is -2.33. The summed E-state index contributed by atoms with van der Waals surface area (Å²) >= 11 is 0. The molecule has 1 amide bonds. The second kappa shape index (κ2) is 7.84. The van der Waals surface area contributed by atoms with Crippen LogP contribution in [0.25, 0.3) is 0 Å². The van der Waals surface area contributed by atoms with Gasteiger partial charge in [0.1, 0.15) is 0 Å². The number of methoxy groups -OCH3 is 1. The Balaban J connectivity index is 1.93. The number of carbonyl (C=O) groups is 1. The molecule has 0 aromatic heterocycles. The third kappa shape index (κ3) is 4.01. The highest BCUT2D eigenvalue weighted by atomic mass is 16.5. The summed E-state index contributed by atoms with van der Waals surface area (Å²) in [6.07, 6.45) is 3.58. The standard InChI is InChI=1S/C17H24N2O3/c1-3-4-13-5-6-15(16(9-13)21-2)22-12-17(20)19-8-7-14(10-18)11-19/h3,5-6,9,14H,1,4,7-8,10-12,18H2,2H3. The van der Waals surface area contributed by atoms with Crippen molar-refractivity contribution in [2.24, 2.45) is 11.7 Å². The van der Waals surface area contributed by atoms with Gasteiger partial charge in [-0.05, 0) is 43.0 Å². The molecule has 5 heteroatoms. The van der Waals surface area contributed by atoms with Crippen molar-refractivity contribution in [1.29, 1.82) is 0 Å². The molecule has 2 rings (SSSR count). The Morgan fingerprint density at radius 1 is 1.50 bits per heavy atom. The van der Waals surface area contributed by atoms with Gasteiger partial charge < -0.3 is 20.1 Å². The lowest BCUT2D eigenvalue weighted by molar-refractivity contribution is -0.132. The Morgan fingerprint density at radius 3 is 2.95 bits per heavy atom. The van der Waals surface area contributed by atoms with Crippen molar-refractivity contribution >= 4 is 5.91 Å². The van der Waals surface area contributed by atoms with Gasteiger partial charge in [-0.25, -0.2) is 0 Å². The minimum Gasteiger partial charge on any atom is -0.493 e. The van der Waals surface area contributed by atoms with Crippen molar-refractivity contribution in [1.82, 2.24) is 4.90 Å². The number of allylic oxidation sites excluding steroid dienone is 1. The predicted molar refractivity (Wildman–Crippen MR) is 86.1 cm³/mol. The van der Waals surface area contributed by atoms with Gasteiger partial charge in [0.2, 0.25) is 0 Å². The average molecular weight is 304 g/mol. The molecular weight excluding hydrogens is 280 g/mol. The molecule has 0 saturated carbocycles. The Bertz CT molecular complexity index is 531. The van der Waals surface area contributed by atoms with Crippen LogP contribution in [0.4, 0.5) is 0 Å². The topological polar surface area (TPSA) is 64.8 Å². The Kier molecular flexibility index (Phi) is 5.83. The number of hydrogen-bond donors (Lipinski definition) is 1. The van der Waals surface area contributed by atoms with Crippen molar-refractivity contribution in [2.75, 3.05) is 33.4 Å². The zero-order valence-corrected chi connectivity index (χ0v) is 13.1. The van der Waals surface area contributed by atoms with Crippen molar-refractivity contribution in [3.63, 3.8) is 0 Å². The zero-order chi connectivity index (χ0) is 15.9. The molecular formula is C17H24N2O3. The second-order valence-electron chi connectivity index (χ2n) is 5.50. The molecule has 1 atom stereocenters. The van der Waals surface area contributed by atoms with Gasteiger partial charge >= 0.3 is 0 Å². The summed E-state index contributed by atoms with van der Waals surface area (Å²) in [4.78, 5) is 14.0. The molecule has 5 nitrogen and oxygen atoms in total. The average Bonchev–Trinajstić information content (AvgIpc) is 3.02. The number of benzene rings is 1. The van der Waals surface area contributed by atoms with Gasteiger partial charge in [-0.1, -0.05) is 12.1 Å². The summed E-state index contributed by atoms with van der Waals surface area (Å²) in [5, 5.41) is 0. The van der Waals surface area contributed by atoms with E-state index < -0.39 is 0 Å². The lowest BCUT2D eigenvalue weighted by Gasteiger charge is -2.17. The van der Waals surface area contributed by atoms with E-state index >= 15 is 0 Å². The number of carbonyl (C=O) groups excluding carboxylic acids is 1. The number of nitrogens with zero attached hydrogens (tertiary/aromatic N) is 1. The van der Waals surface area contributed by atoms with Crippen LogP contribution < -0.4 is 15.2 Å². The number of likely N-dealkylation sites (tertiary alicyclic amines) is 1. The molecule has 0 aliphatic carbocycles. The highest BCUT2D eigenvalue weighted by Crippen LogP contribution is 2.28. The fourth-order valence-electron chi connectivity index (χ4n) is 2.61. The molecule has 0 spiro atoms. The largest absolute Gasteiger partial charge is 0.493 e. The van der Waals surface area contributed by atoms with E-state index in [9.17, 15) is 4.79 Å². The molecule has 1 aliphatic rings. The minimum absolute atomic E-state index is 0.00632. The Hall–Kier alpha value is -2.01. The second-order valence-corrected chi connectivity index (χ2v) is 5.50. The van der Waals surface area contributed by atoms with Gasteiger partial charge in [0, 0.05) is 13.1 Å². The predicted octanol–water partition coefficient (Wildman–Crippen LogP) is 1.61. The number of rotatable bonds is 7. The van der Waals surface area contributed by atoms with Crippen molar-refractivity contribution in [3.05, 3.63) is 36.4 Å². The van der Waals surface area contributed by atoms with Crippen molar-refractivity contribution < 1.29 is 14.3 Å². The molecule has 0 radical (unpaired) electrons. The van der Waals surface area contributed by atoms with Gasteiger partial charge in [0.05, 0.1) is 7.11 Å². The van der Waals surface area contributed by atoms with Crippen LogP contribution in [-0.4, -0.2) is 44.2 Å². The summed E-state index contributed by atoms with van der Waals surface area (Å²) in [7, 11) is 1.59. The first-order valence-corrected chi connectivity index (χ1v) is 7.56. The number of nitrogens with two attached hydrogens (primary N) is 1. The summed E-state index contributed by atoms with van der Waals surface area (Å²) in [6.45, 7) is 5.86. The summed E-state index contributed by atoms with van der Waals surface area (Å²) in [5.41, 5.74) is 6.74. The maximum atomic E-state index is 12.2. The van der Waals surface area contributed by atoms with E-state index in [4.69, 9.17) is 15.2 Å². The van der Waals surface area contributed by atoms with Crippen molar-refractivity contribution in [2.45, 2.75) is 12.8 Å². The SMILES string of the molecule is C=CCc1ccc(OCC(=O)N2CCC(CN)C2)c(OC)c1. The highest BCUT2D eigenvalue weighted by molar-refractivity contribution is 5.78. The van der Waals surface area contributed by atoms with Crippen LogP contribution in [-0.2, 0) is 11.2 Å². The van der Waals surface area contributed by atoms with E-state index in [2.05, 4.69) is 6.58 Å². The molecule has 1 aromatic carbocycles. The molecule has 1 aliphatic heterocycles. The Morgan fingerprint density at radius 2 is 2.32 bits per heavy atom. The van der Waals surface area contributed by atoms with E-state index in [1.54, 1.807) is 7.11 Å². The normalized spacial score (nSPS) is 17.4. The van der Waals surface area contributed by atoms with Crippen molar-refractivity contribution in [3.8, 4) is 11.5 Å². The third-order valence-electron chi connectivity index (χ3n) is 3.93. The fourth-order valence-corrected chi connectivity index (χ4v) is 2.61. The Labute approximate surface area is 131 Å². The molecule has 1 aromatic rings. The first kappa shape index (κ1) is 16.4. The fraction of sp³-hybridized carbons (Fsp3) is 0.471. The monoisotopic (exact) mass is 304 g/mol. The summed E-state index contributed by atoms with van der Waals surface area (Å²) in [6, 6.07) is 5.68. The first-order valence-electron chi connectivity index (χ1n) is 7.56. The molecule has 120 valence electrons. The van der Waals surface area contributed by atoms with Gasteiger partial charge in [-0.3, -0.25) is 4.79 Å². The van der Waals surface area contributed by atoms with Crippen LogP contribution in [0.15, 0.2) is 30.9 Å². The molecule has 2 N–H and O–H groups in total. The molecule has 1 fully saturated rings. The minimum atomic E-state index is -0.00632. The van der Waals surface area contributed by atoms with Crippen LogP contribution in [0.5, 0.6) is 11.5 Å². The van der Waals surface area contributed by atoms with Gasteiger partial charge in [0.25, 0.3) is 5.91 Å². The lowest BCUT2D eigenvalue weighted by atomic mass is 10.1. The highest BCUT2D eigenvalue weighted by Gasteiger charge is 2.25. The molecule has 1 heterocycles. The summed E-state index contributed by atoms with van der Waals surface area (Å²) < 4.78 is 11.0. The number of amides is 1. The van der Waals surface area contributed by atoms with E-state index in [1.165, 1.54) is 0 Å². The van der Waals surface area contributed by atoms with Gasteiger partial charge in [0.15, 0.2) is 18.1 Å². The number of hydrogen-bond acceptors (Lipinski definition) is 4. The molecule has 0 bridgehead atoms. The van der Waals surface area contributed by atoms with E-state index in [0.29, 0.717) is 24.0 Å².